The summed E-state index contributed by atoms with van der Waals surface area (Å²) in [6.07, 6.45) is 0.529. The number of thiocarbonyl (C=S) groups is 1. The number of hydrazone groups is 1. The Morgan fingerprint density at radius 2 is 1.62 bits per heavy atom. The molecule has 1 aliphatic heterocycles. The van der Waals surface area contributed by atoms with Gasteiger partial charge < -0.3 is 24.6 Å². The first-order valence-corrected chi connectivity index (χ1v) is 12.2. The van der Waals surface area contributed by atoms with Gasteiger partial charge in [0.15, 0.2) is 16.6 Å². The summed E-state index contributed by atoms with van der Waals surface area (Å²) in [5.41, 5.74) is 3.17. The van der Waals surface area contributed by atoms with Crippen molar-refractivity contribution in [3.63, 3.8) is 0 Å². The second-order valence-electron chi connectivity index (χ2n) is 8.56. The lowest BCUT2D eigenvalue weighted by Gasteiger charge is -2.26. The predicted molar refractivity (Wildman–Crippen MR) is 150 cm³/mol. The first kappa shape index (κ1) is 24.4. The molecule has 0 amide bonds. The zero-order valence-corrected chi connectivity index (χ0v) is 21.6. The van der Waals surface area contributed by atoms with Crippen LogP contribution in [-0.4, -0.2) is 42.3 Å². The van der Waals surface area contributed by atoms with E-state index in [9.17, 15) is 5.11 Å². The van der Waals surface area contributed by atoms with Crippen molar-refractivity contribution in [2.45, 2.75) is 12.5 Å². The highest BCUT2D eigenvalue weighted by atomic mass is 32.1. The molecule has 0 bridgehead atoms. The molecule has 1 heterocycles. The molecule has 188 valence electrons. The van der Waals surface area contributed by atoms with Crippen molar-refractivity contribution >= 4 is 39.5 Å². The zero-order valence-electron chi connectivity index (χ0n) is 20.8. The molecule has 1 atom stereocenters. The third-order valence-electron chi connectivity index (χ3n) is 6.45. The summed E-state index contributed by atoms with van der Waals surface area (Å²) in [6.45, 7) is 0. The average Bonchev–Trinajstić information content (AvgIpc) is 3.38. The van der Waals surface area contributed by atoms with Crippen LogP contribution in [0.15, 0.2) is 84.0 Å². The summed E-state index contributed by atoms with van der Waals surface area (Å²) >= 11 is 5.85. The van der Waals surface area contributed by atoms with Crippen LogP contribution in [0.4, 0.5) is 5.69 Å². The number of hydrogen-bond donors (Lipinski definition) is 2. The van der Waals surface area contributed by atoms with Gasteiger partial charge in [0, 0.05) is 23.7 Å². The van der Waals surface area contributed by atoms with Gasteiger partial charge in [0.25, 0.3) is 0 Å². The quantitative estimate of drug-likeness (QED) is 0.301. The number of ether oxygens (including phenoxy) is 3. The number of phenols is 1. The van der Waals surface area contributed by atoms with E-state index in [4.69, 9.17) is 31.5 Å². The molecule has 0 fully saturated rings. The van der Waals surface area contributed by atoms with Gasteiger partial charge in [0.2, 0.25) is 0 Å². The molecular formula is C29H27N3O4S. The van der Waals surface area contributed by atoms with Gasteiger partial charge in [0.1, 0.15) is 11.5 Å². The largest absolute Gasteiger partial charge is 0.507 e. The van der Waals surface area contributed by atoms with E-state index in [-0.39, 0.29) is 11.8 Å². The Bertz CT molecular complexity index is 1480. The lowest BCUT2D eigenvalue weighted by atomic mass is 9.94. The van der Waals surface area contributed by atoms with E-state index < -0.39 is 0 Å². The molecule has 8 heteroatoms. The molecule has 1 aliphatic rings. The van der Waals surface area contributed by atoms with Crippen molar-refractivity contribution in [1.29, 1.82) is 0 Å². The van der Waals surface area contributed by atoms with Gasteiger partial charge in [-0.05, 0) is 58.9 Å². The molecule has 0 radical (unpaired) electrons. The van der Waals surface area contributed by atoms with Crippen molar-refractivity contribution in [2.24, 2.45) is 5.10 Å². The summed E-state index contributed by atoms with van der Waals surface area (Å²) in [6, 6.07) is 25.1. The van der Waals surface area contributed by atoms with Crippen LogP contribution in [0.1, 0.15) is 23.6 Å². The molecule has 5 rings (SSSR count). The Labute approximate surface area is 220 Å². The molecule has 4 aromatic rings. The van der Waals surface area contributed by atoms with E-state index in [0.717, 1.165) is 27.8 Å². The molecule has 0 aromatic heterocycles. The van der Waals surface area contributed by atoms with Crippen molar-refractivity contribution in [3.05, 3.63) is 90.0 Å². The molecular weight excluding hydrogens is 486 g/mol. The Balaban J connectivity index is 1.56. The van der Waals surface area contributed by atoms with Gasteiger partial charge in [-0.2, -0.15) is 5.10 Å². The second kappa shape index (κ2) is 10.4. The topological polar surface area (TPSA) is 75.6 Å². The second-order valence-corrected chi connectivity index (χ2v) is 8.95. The SMILES string of the molecule is COc1ccc(NC(=S)N2N=C(c3cc(OC)c(OC)cc3O)CC2c2cccc3ccccc23)cc1. The Morgan fingerprint density at radius 1 is 0.919 bits per heavy atom. The molecule has 0 spiro atoms. The standard InChI is InChI=1S/C29H27N3O4S/c1-34-20-13-11-19(12-14-20)30-29(37)32-25(22-10-6-8-18-7-4-5-9-21(18)22)16-24(31-32)23-15-27(35-2)28(36-3)17-26(23)33/h4-15,17,25,33H,16H2,1-3H3,(H,30,37). The van der Waals surface area contributed by atoms with Crippen LogP contribution in [0, 0.1) is 0 Å². The van der Waals surface area contributed by atoms with Gasteiger partial charge in [-0.1, -0.05) is 42.5 Å². The molecule has 1 unspecified atom stereocenters. The van der Waals surface area contributed by atoms with Gasteiger partial charge in [0.05, 0.1) is 33.1 Å². The van der Waals surface area contributed by atoms with E-state index in [2.05, 4.69) is 29.6 Å². The minimum atomic E-state index is -0.188. The number of fused-ring (bicyclic) bond motifs is 1. The van der Waals surface area contributed by atoms with E-state index >= 15 is 0 Å². The van der Waals surface area contributed by atoms with E-state index in [0.29, 0.717) is 34.3 Å². The minimum absolute atomic E-state index is 0.0592. The first-order chi connectivity index (χ1) is 18.0. The maximum absolute atomic E-state index is 10.8. The number of benzene rings is 4. The molecule has 37 heavy (non-hydrogen) atoms. The lowest BCUT2D eigenvalue weighted by Crippen LogP contribution is -2.31. The van der Waals surface area contributed by atoms with Gasteiger partial charge in [-0.3, -0.25) is 0 Å². The fourth-order valence-corrected chi connectivity index (χ4v) is 4.88. The highest BCUT2D eigenvalue weighted by Crippen LogP contribution is 2.41. The molecule has 0 saturated carbocycles. The monoisotopic (exact) mass is 513 g/mol. The lowest BCUT2D eigenvalue weighted by molar-refractivity contribution is 0.351. The first-order valence-electron chi connectivity index (χ1n) is 11.8. The maximum Gasteiger partial charge on any atom is 0.194 e. The highest BCUT2D eigenvalue weighted by Gasteiger charge is 2.34. The smallest absolute Gasteiger partial charge is 0.194 e. The molecule has 0 saturated heterocycles. The molecule has 2 N–H and O–H groups in total. The number of rotatable bonds is 6. The van der Waals surface area contributed by atoms with Crippen molar-refractivity contribution in [2.75, 3.05) is 26.6 Å². The van der Waals surface area contributed by atoms with Crippen LogP contribution >= 0.6 is 12.2 Å². The maximum atomic E-state index is 10.8. The van der Waals surface area contributed by atoms with Crippen LogP contribution < -0.4 is 19.5 Å². The normalized spacial score (nSPS) is 14.8. The Morgan fingerprint density at radius 3 is 2.35 bits per heavy atom. The van der Waals surface area contributed by atoms with Crippen LogP contribution in [0.3, 0.4) is 0 Å². The van der Waals surface area contributed by atoms with Crippen LogP contribution in [0.2, 0.25) is 0 Å². The number of nitrogens with zero attached hydrogens (tertiary/aromatic N) is 2. The molecule has 7 nitrogen and oxygen atoms in total. The number of aromatic hydroxyl groups is 1. The third kappa shape index (κ3) is 4.75. The van der Waals surface area contributed by atoms with E-state index in [1.54, 1.807) is 26.4 Å². The minimum Gasteiger partial charge on any atom is -0.507 e. The number of nitrogens with one attached hydrogen (secondary N) is 1. The van der Waals surface area contributed by atoms with Gasteiger partial charge >= 0.3 is 0 Å². The summed E-state index contributed by atoms with van der Waals surface area (Å²) in [5.74, 6) is 1.78. The predicted octanol–water partition coefficient (Wildman–Crippen LogP) is 6.12. The van der Waals surface area contributed by atoms with Gasteiger partial charge in [-0.15, -0.1) is 0 Å². The number of phenolic OH excluding ortho intramolecular Hbond substituents is 1. The van der Waals surface area contributed by atoms with Crippen molar-refractivity contribution in [3.8, 4) is 23.0 Å². The van der Waals surface area contributed by atoms with Crippen molar-refractivity contribution in [1.82, 2.24) is 5.01 Å². The van der Waals surface area contributed by atoms with Gasteiger partial charge in [-0.25, -0.2) is 5.01 Å². The Hall–Kier alpha value is -4.30. The summed E-state index contributed by atoms with van der Waals surface area (Å²) < 4.78 is 16.1. The number of anilines is 1. The van der Waals surface area contributed by atoms with Crippen LogP contribution in [0.5, 0.6) is 23.0 Å². The number of hydrogen-bond acceptors (Lipinski definition) is 6. The third-order valence-corrected chi connectivity index (χ3v) is 6.74. The zero-order chi connectivity index (χ0) is 25.9. The van der Waals surface area contributed by atoms with Crippen LogP contribution in [0.25, 0.3) is 10.8 Å². The highest BCUT2D eigenvalue weighted by molar-refractivity contribution is 7.80. The fraction of sp³-hybridized carbons (Fsp3) is 0.172. The van der Waals surface area contributed by atoms with Crippen LogP contribution in [-0.2, 0) is 0 Å². The Kier molecular flexibility index (Phi) is 6.83. The fourth-order valence-electron chi connectivity index (χ4n) is 4.60. The summed E-state index contributed by atoms with van der Waals surface area (Å²) in [4.78, 5) is 0. The van der Waals surface area contributed by atoms with E-state index in [1.165, 1.54) is 7.11 Å². The molecule has 0 aliphatic carbocycles. The summed E-state index contributed by atoms with van der Waals surface area (Å²) in [7, 11) is 4.73. The summed E-state index contributed by atoms with van der Waals surface area (Å²) in [5, 5.41) is 23.6. The molecule has 4 aromatic carbocycles. The average molecular weight is 514 g/mol. The number of methoxy groups -OCH3 is 3. The van der Waals surface area contributed by atoms with E-state index in [1.807, 2.05) is 47.5 Å². The van der Waals surface area contributed by atoms with Crippen molar-refractivity contribution < 1.29 is 19.3 Å².